The van der Waals surface area contributed by atoms with Crippen LogP contribution in [0.2, 0.25) is 18.1 Å². The van der Waals surface area contributed by atoms with Crippen LogP contribution >= 0.6 is 0 Å². The molecule has 0 heterocycles. The molecule has 0 saturated heterocycles. The maximum atomic E-state index is 13.4. The molecule has 5 heteroatoms. The Balaban J connectivity index is 2.38. The van der Waals surface area contributed by atoms with Crippen LogP contribution in [0, 0.1) is 0 Å². The van der Waals surface area contributed by atoms with E-state index >= 15 is 0 Å². The average molecular weight is 490 g/mol. The van der Waals surface area contributed by atoms with Gasteiger partial charge in [-0.25, -0.2) is 5.06 Å². The molecule has 0 aromatic heterocycles. The van der Waals surface area contributed by atoms with E-state index in [1.807, 2.05) is 18.2 Å². The molecule has 1 unspecified atom stereocenters. The van der Waals surface area contributed by atoms with Crippen molar-refractivity contribution in [3.05, 3.63) is 108 Å². The molecule has 3 aromatic carbocycles. The standard InChI is InChI=1S/C30H39NO3Si/c1-29(2,3)35(6,7)34-27(23-28(32)31(4)33-5)30(24-17-11-8-12-18-24,25-19-13-9-14-20-25)26-21-15-10-16-22-26/h8-22,27H,23H2,1-7H3. The minimum Gasteiger partial charge on any atom is -0.412 e. The number of hydrogen-bond donors (Lipinski definition) is 0. The molecule has 186 valence electrons. The van der Waals surface area contributed by atoms with Gasteiger partial charge in [-0.3, -0.25) is 9.63 Å². The largest absolute Gasteiger partial charge is 0.412 e. The maximum Gasteiger partial charge on any atom is 0.248 e. The zero-order valence-electron chi connectivity index (χ0n) is 22.1. The molecule has 0 N–H and O–H groups in total. The third kappa shape index (κ3) is 5.58. The summed E-state index contributed by atoms with van der Waals surface area (Å²) in [5.74, 6) is -0.122. The Morgan fingerprint density at radius 3 is 1.49 bits per heavy atom. The van der Waals surface area contributed by atoms with Gasteiger partial charge in [0.1, 0.15) is 0 Å². The Bertz CT molecular complexity index is 982. The fraction of sp³-hybridized carbons (Fsp3) is 0.367. The highest BCUT2D eigenvalue weighted by atomic mass is 28.4. The topological polar surface area (TPSA) is 38.8 Å². The number of carbonyl (C=O) groups is 1. The minimum absolute atomic E-state index is 0.0305. The second-order valence-corrected chi connectivity index (χ2v) is 15.3. The number of hydroxylamine groups is 2. The lowest BCUT2D eigenvalue weighted by atomic mass is 9.65. The highest BCUT2D eigenvalue weighted by molar-refractivity contribution is 6.74. The molecule has 0 bridgehead atoms. The normalized spacial score (nSPS) is 13.3. The summed E-state index contributed by atoms with van der Waals surface area (Å²) >= 11 is 0. The monoisotopic (exact) mass is 489 g/mol. The van der Waals surface area contributed by atoms with Gasteiger partial charge in [0.25, 0.3) is 0 Å². The van der Waals surface area contributed by atoms with Gasteiger partial charge in [0.05, 0.1) is 25.0 Å². The summed E-state index contributed by atoms with van der Waals surface area (Å²) < 4.78 is 7.23. The first kappa shape index (κ1) is 26.9. The van der Waals surface area contributed by atoms with Crippen molar-refractivity contribution < 1.29 is 14.1 Å². The predicted molar refractivity (Wildman–Crippen MR) is 146 cm³/mol. The molecule has 1 atom stereocenters. The van der Waals surface area contributed by atoms with Gasteiger partial charge in [0.15, 0.2) is 8.32 Å². The van der Waals surface area contributed by atoms with Crippen molar-refractivity contribution in [1.29, 1.82) is 0 Å². The molecule has 35 heavy (non-hydrogen) atoms. The van der Waals surface area contributed by atoms with Crippen molar-refractivity contribution in [2.75, 3.05) is 14.2 Å². The van der Waals surface area contributed by atoms with Gasteiger partial charge in [-0.05, 0) is 34.8 Å². The molecular weight excluding hydrogens is 450 g/mol. The first-order valence-corrected chi connectivity index (χ1v) is 15.1. The van der Waals surface area contributed by atoms with Crippen LogP contribution in [0.5, 0.6) is 0 Å². The van der Waals surface area contributed by atoms with E-state index in [1.165, 1.54) is 12.2 Å². The Morgan fingerprint density at radius 1 is 0.800 bits per heavy atom. The summed E-state index contributed by atoms with van der Waals surface area (Å²) in [6.07, 6.45) is -0.282. The summed E-state index contributed by atoms with van der Waals surface area (Å²) in [6, 6.07) is 31.3. The lowest BCUT2D eigenvalue weighted by Crippen LogP contribution is -2.53. The molecule has 3 rings (SSSR count). The van der Waals surface area contributed by atoms with Gasteiger partial charge in [0, 0.05) is 7.05 Å². The lowest BCUT2D eigenvalue weighted by molar-refractivity contribution is -0.171. The molecule has 1 amide bonds. The minimum atomic E-state index is -2.30. The van der Waals surface area contributed by atoms with Crippen LogP contribution in [0.15, 0.2) is 91.0 Å². The first-order valence-electron chi connectivity index (χ1n) is 12.2. The van der Waals surface area contributed by atoms with Crippen LogP contribution in [0.4, 0.5) is 0 Å². The molecule has 0 aliphatic rings. The van der Waals surface area contributed by atoms with E-state index in [0.717, 1.165) is 16.7 Å². The fourth-order valence-corrected chi connectivity index (χ4v) is 5.69. The zero-order chi connectivity index (χ0) is 25.7. The first-order chi connectivity index (χ1) is 16.5. The van der Waals surface area contributed by atoms with Crippen molar-refractivity contribution in [2.45, 2.75) is 56.8 Å². The van der Waals surface area contributed by atoms with E-state index < -0.39 is 19.8 Å². The van der Waals surface area contributed by atoms with Gasteiger partial charge in [0.2, 0.25) is 5.91 Å². The summed E-state index contributed by atoms with van der Waals surface area (Å²) in [5, 5.41) is 1.27. The maximum absolute atomic E-state index is 13.4. The highest BCUT2D eigenvalue weighted by Crippen LogP contribution is 2.48. The van der Waals surface area contributed by atoms with Gasteiger partial charge in [-0.2, -0.15) is 0 Å². The number of carbonyl (C=O) groups excluding carboxylic acids is 1. The third-order valence-electron chi connectivity index (χ3n) is 7.40. The Hall–Kier alpha value is -2.73. The van der Waals surface area contributed by atoms with Gasteiger partial charge in [-0.1, -0.05) is 112 Å². The van der Waals surface area contributed by atoms with Crippen LogP contribution < -0.4 is 0 Å². The summed E-state index contributed by atoms with van der Waals surface area (Å²) in [6.45, 7) is 11.2. The molecule has 0 radical (unpaired) electrons. The highest BCUT2D eigenvalue weighted by Gasteiger charge is 2.50. The lowest BCUT2D eigenvalue weighted by Gasteiger charge is -2.48. The molecule has 0 saturated carbocycles. The molecule has 0 aliphatic carbocycles. The molecule has 0 fully saturated rings. The quantitative estimate of drug-likeness (QED) is 0.188. The average Bonchev–Trinajstić information content (AvgIpc) is 2.85. The number of nitrogens with zero attached hydrogens (tertiary/aromatic N) is 1. The molecule has 4 nitrogen and oxygen atoms in total. The van der Waals surface area contributed by atoms with Crippen LogP contribution in [0.1, 0.15) is 43.9 Å². The van der Waals surface area contributed by atoms with Crippen LogP contribution in [-0.2, 0) is 19.5 Å². The predicted octanol–water partition coefficient (Wildman–Crippen LogP) is 6.82. The van der Waals surface area contributed by atoms with Crippen LogP contribution in [0.25, 0.3) is 0 Å². The van der Waals surface area contributed by atoms with E-state index in [0.29, 0.717) is 0 Å². The van der Waals surface area contributed by atoms with Crippen LogP contribution in [0.3, 0.4) is 0 Å². The third-order valence-corrected chi connectivity index (χ3v) is 11.9. The van der Waals surface area contributed by atoms with Crippen molar-refractivity contribution in [1.82, 2.24) is 5.06 Å². The van der Waals surface area contributed by atoms with E-state index in [1.54, 1.807) is 7.05 Å². The van der Waals surface area contributed by atoms with Gasteiger partial charge < -0.3 is 4.43 Å². The van der Waals surface area contributed by atoms with E-state index in [4.69, 9.17) is 9.26 Å². The van der Waals surface area contributed by atoms with E-state index in [9.17, 15) is 4.79 Å². The Morgan fingerprint density at radius 2 is 1.17 bits per heavy atom. The summed E-state index contributed by atoms with van der Waals surface area (Å²) in [5.41, 5.74) is 2.57. The van der Waals surface area contributed by atoms with Gasteiger partial charge >= 0.3 is 0 Å². The molecular formula is C30H39NO3Si. The second kappa shape index (κ2) is 10.9. The van der Waals surface area contributed by atoms with Crippen molar-refractivity contribution in [3.8, 4) is 0 Å². The van der Waals surface area contributed by atoms with Crippen molar-refractivity contribution in [2.24, 2.45) is 0 Å². The molecule has 3 aromatic rings. The zero-order valence-corrected chi connectivity index (χ0v) is 23.1. The summed E-state index contributed by atoms with van der Waals surface area (Å²) in [7, 11) is 0.868. The SMILES string of the molecule is CON(C)C(=O)CC(O[Si](C)(C)C(C)(C)C)C(c1ccccc1)(c1ccccc1)c1ccccc1. The fourth-order valence-electron chi connectivity index (χ4n) is 4.37. The summed E-state index contributed by atoms with van der Waals surface area (Å²) in [4.78, 5) is 18.7. The van der Waals surface area contributed by atoms with Crippen molar-refractivity contribution >= 4 is 14.2 Å². The second-order valence-electron chi connectivity index (χ2n) is 10.6. The Kier molecular flexibility index (Phi) is 8.36. The van der Waals surface area contributed by atoms with E-state index in [2.05, 4.69) is 107 Å². The Labute approximate surface area is 212 Å². The van der Waals surface area contributed by atoms with Gasteiger partial charge in [-0.15, -0.1) is 0 Å². The van der Waals surface area contributed by atoms with Crippen molar-refractivity contribution in [3.63, 3.8) is 0 Å². The number of hydrogen-bond acceptors (Lipinski definition) is 3. The van der Waals surface area contributed by atoms with E-state index in [-0.39, 0.29) is 17.4 Å². The molecule has 0 aliphatic heterocycles. The number of amides is 1. The smallest absolute Gasteiger partial charge is 0.248 e. The molecule has 0 spiro atoms. The number of benzene rings is 3. The van der Waals surface area contributed by atoms with Crippen LogP contribution in [-0.4, -0.2) is 39.5 Å². The number of rotatable bonds is 9.